The number of ketones is 1. The summed E-state index contributed by atoms with van der Waals surface area (Å²) >= 11 is 0. The number of aliphatic carboxylic acids is 1. The number of Topliss-reactive ketones (excluding diaryl/α,β-unsaturated/α-hetero) is 1. The first-order valence-electron chi connectivity index (χ1n) is 5.62. The van der Waals surface area contributed by atoms with E-state index in [4.69, 9.17) is 5.11 Å². The highest BCUT2D eigenvalue weighted by Crippen LogP contribution is 2.21. The van der Waals surface area contributed by atoms with Crippen LogP contribution in [0.1, 0.15) is 16.1 Å². The summed E-state index contributed by atoms with van der Waals surface area (Å²) in [4.78, 5) is 25.6. The van der Waals surface area contributed by atoms with Crippen LogP contribution in [0, 0.1) is 6.92 Å². The maximum Gasteiger partial charge on any atom is 0.317 e. The van der Waals surface area contributed by atoms with Crippen LogP contribution in [0.5, 0.6) is 0 Å². The molecule has 18 heavy (non-hydrogen) atoms. The number of carboxylic acid groups (broad SMARTS) is 1. The Morgan fingerprint density at radius 1 is 1.28 bits per heavy atom. The van der Waals surface area contributed by atoms with Gasteiger partial charge in [-0.05, 0) is 13.0 Å². The molecular formula is C13H14N2O3. The van der Waals surface area contributed by atoms with Crippen LogP contribution in [-0.2, 0) is 4.79 Å². The van der Waals surface area contributed by atoms with Crippen molar-refractivity contribution in [1.29, 1.82) is 0 Å². The third-order valence-electron chi connectivity index (χ3n) is 2.73. The van der Waals surface area contributed by atoms with Crippen LogP contribution in [-0.4, -0.2) is 34.9 Å². The number of benzene rings is 1. The van der Waals surface area contributed by atoms with Crippen LogP contribution in [0.4, 0.5) is 0 Å². The number of aryl methyl sites for hydroxylation is 1. The second kappa shape index (κ2) is 5.01. The molecule has 0 saturated heterocycles. The number of aromatic nitrogens is 1. The monoisotopic (exact) mass is 246 g/mol. The predicted octanol–water partition coefficient (Wildman–Crippen LogP) is 1.33. The molecule has 0 fully saturated rings. The van der Waals surface area contributed by atoms with Gasteiger partial charge in [-0.25, -0.2) is 0 Å². The van der Waals surface area contributed by atoms with Crippen molar-refractivity contribution in [3.8, 4) is 0 Å². The Labute approximate surface area is 104 Å². The number of H-pyrrole nitrogens is 1. The van der Waals surface area contributed by atoms with E-state index in [9.17, 15) is 9.59 Å². The van der Waals surface area contributed by atoms with Gasteiger partial charge >= 0.3 is 5.97 Å². The SMILES string of the molecule is Cc1[nH]c2ccccc2c1C(=O)CNCC(=O)O. The van der Waals surface area contributed by atoms with Gasteiger partial charge in [0.1, 0.15) is 0 Å². The van der Waals surface area contributed by atoms with E-state index >= 15 is 0 Å². The zero-order valence-corrected chi connectivity index (χ0v) is 9.99. The van der Waals surface area contributed by atoms with E-state index in [0.717, 1.165) is 16.6 Å². The molecule has 0 saturated carbocycles. The van der Waals surface area contributed by atoms with Crippen molar-refractivity contribution in [3.05, 3.63) is 35.5 Å². The molecule has 94 valence electrons. The van der Waals surface area contributed by atoms with Crippen molar-refractivity contribution >= 4 is 22.7 Å². The van der Waals surface area contributed by atoms with Gasteiger partial charge in [0.2, 0.25) is 0 Å². The number of fused-ring (bicyclic) bond motifs is 1. The first kappa shape index (κ1) is 12.3. The number of aromatic amines is 1. The van der Waals surface area contributed by atoms with Gasteiger partial charge < -0.3 is 10.1 Å². The number of hydrogen-bond donors (Lipinski definition) is 3. The second-order valence-electron chi connectivity index (χ2n) is 4.09. The van der Waals surface area contributed by atoms with Crippen molar-refractivity contribution < 1.29 is 14.7 Å². The molecule has 0 aliphatic rings. The summed E-state index contributed by atoms with van der Waals surface area (Å²) in [5, 5.41) is 12.0. The number of carbonyl (C=O) groups excluding carboxylic acids is 1. The molecule has 0 spiro atoms. The van der Waals surface area contributed by atoms with Gasteiger partial charge in [0, 0.05) is 22.2 Å². The molecule has 0 unspecified atom stereocenters. The average Bonchev–Trinajstić information content (AvgIpc) is 2.64. The first-order valence-corrected chi connectivity index (χ1v) is 5.62. The maximum atomic E-state index is 12.0. The van der Waals surface area contributed by atoms with Crippen molar-refractivity contribution in [2.24, 2.45) is 0 Å². The van der Waals surface area contributed by atoms with Gasteiger partial charge in [0.15, 0.2) is 5.78 Å². The summed E-state index contributed by atoms with van der Waals surface area (Å²) in [7, 11) is 0. The highest BCUT2D eigenvalue weighted by Gasteiger charge is 2.15. The molecular weight excluding hydrogens is 232 g/mol. The molecule has 0 aliphatic carbocycles. The van der Waals surface area contributed by atoms with Gasteiger partial charge in [-0.2, -0.15) is 0 Å². The molecule has 0 aliphatic heterocycles. The average molecular weight is 246 g/mol. The molecule has 1 aromatic carbocycles. The van der Waals surface area contributed by atoms with Crippen molar-refractivity contribution in [3.63, 3.8) is 0 Å². The lowest BCUT2D eigenvalue weighted by atomic mass is 10.1. The zero-order valence-electron chi connectivity index (χ0n) is 9.99. The third-order valence-corrected chi connectivity index (χ3v) is 2.73. The zero-order chi connectivity index (χ0) is 13.1. The molecule has 2 rings (SSSR count). The minimum absolute atomic E-state index is 0.0228. The van der Waals surface area contributed by atoms with Crippen LogP contribution in [0.3, 0.4) is 0 Å². The Kier molecular flexibility index (Phi) is 3.43. The smallest absolute Gasteiger partial charge is 0.317 e. The molecule has 1 aromatic heterocycles. The largest absolute Gasteiger partial charge is 0.480 e. The number of carbonyl (C=O) groups is 2. The topological polar surface area (TPSA) is 82.2 Å². The van der Waals surface area contributed by atoms with E-state index in [2.05, 4.69) is 10.3 Å². The lowest BCUT2D eigenvalue weighted by Crippen LogP contribution is -2.28. The number of hydrogen-bond acceptors (Lipinski definition) is 3. The summed E-state index contributed by atoms with van der Waals surface area (Å²) in [6.45, 7) is 1.65. The number of rotatable bonds is 5. The number of carboxylic acids is 1. The number of para-hydroxylation sites is 1. The third kappa shape index (κ3) is 2.41. The van der Waals surface area contributed by atoms with Crippen LogP contribution in [0.15, 0.2) is 24.3 Å². The van der Waals surface area contributed by atoms with E-state index in [0.29, 0.717) is 5.56 Å². The highest BCUT2D eigenvalue weighted by atomic mass is 16.4. The summed E-state index contributed by atoms with van der Waals surface area (Å²) in [5.74, 6) is -1.08. The Morgan fingerprint density at radius 2 is 2.00 bits per heavy atom. The fraction of sp³-hybridized carbons (Fsp3) is 0.231. The lowest BCUT2D eigenvalue weighted by molar-refractivity contribution is -0.135. The standard InChI is InChI=1S/C13H14N2O3/c1-8-13(11(16)6-14-7-12(17)18)9-4-2-3-5-10(9)15-8/h2-5,14-15H,6-7H2,1H3,(H,17,18). The molecule has 3 N–H and O–H groups in total. The van der Waals surface area contributed by atoms with Crippen LogP contribution < -0.4 is 5.32 Å². The predicted molar refractivity (Wildman–Crippen MR) is 67.9 cm³/mol. The Morgan fingerprint density at radius 3 is 2.72 bits per heavy atom. The minimum atomic E-state index is -0.974. The Bertz CT molecular complexity index is 601. The van der Waals surface area contributed by atoms with E-state index < -0.39 is 5.97 Å². The summed E-state index contributed by atoms with van der Waals surface area (Å²) in [5.41, 5.74) is 2.35. The van der Waals surface area contributed by atoms with E-state index in [1.807, 2.05) is 31.2 Å². The Balaban J connectivity index is 2.22. The normalized spacial score (nSPS) is 10.7. The molecule has 0 radical (unpaired) electrons. The van der Waals surface area contributed by atoms with Gasteiger partial charge in [0.25, 0.3) is 0 Å². The van der Waals surface area contributed by atoms with E-state index in [1.165, 1.54) is 0 Å². The minimum Gasteiger partial charge on any atom is -0.480 e. The lowest BCUT2D eigenvalue weighted by Gasteiger charge is -2.02. The molecule has 5 nitrogen and oxygen atoms in total. The molecule has 0 atom stereocenters. The summed E-state index contributed by atoms with van der Waals surface area (Å²) < 4.78 is 0. The molecule has 0 bridgehead atoms. The second-order valence-corrected chi connectivity index (χ2v) is 4.09. The highest BCUT2D eigenvalue weighted by molar-refractivity contribution is 6.10. The molecule has 1 heterocycles. The van der Waals surface area contributed by atoms with Gasteiger partial charge in [-0.3, -0.25) is 14.9 Å². The van der Waals surface area contributed by atoms with Crippen LogP contribution in [0.25, 0.3) is 10.9 Å². The molecule has 2 aromatic rings. The molecule has 5 heteroatoms. The first-order chi connectivity index (χ1) is 8.59. The van der Waals surface area contributed by atoms with E-state index in [1.54, 1.807) is 0 Å². The Hall–Kier alpha value is -2.14. The van der Waals surface area contributed by atoms with Gasteiger partial charge in [-0.1, -0.05) is 18.2 Å². The van der Waals surface area contributed by atoms with Crippen LogP contribution in [0.2, 0.25) is 0 Å². The fourth-order valence-corrected chi connectivity index (χ4v) is 2.01. The van der Waals surface area contributed by atoms with E-state index in [-0.39, 0.29) is 18.9 Å². The summed E-state index contributed by atoms with van der Waals surface area (Å²) in [6.07, 6.45) is 0. The van der Waals surface area contributed by atoms with Crippen molar-refractivity contribution in [2.75, 3.05) is 13.1 Å². The van der Waals surface area contributed by atoms with Crippen molar-refractivity contribution in [1.82, 2.24) is 10.3 Å². The van der Waals surface area contributed by atoms with Crippen molar-refractivity contribution in [2.45, 2.75) is 6.92 Å². The van der Waals surface area contributed by atoms with Crippen LogP contribution >= 0.6 is 0 Å². The summed E-state index contributed by atoms with van der Waals surface area (Å²) in [6, 6.07) is 7.55. The number of nitrogens with one attached hydrogen (secondary N) is 2. The maximum absolute atomic E-state index is 12.0. The fourth-order valence-electron chi connectivity index (χ4n) is 2.01. The van der Waals surface area contributed by atoms with Gasteiger partial charge in [0.05, 0.1) is 13.1 Å². The quantitative estimate of drug-likeness (QED) is 0.695. The molecule has 0 amide bonds. The van der Waals surface area contributed by atoms with Gasteiger partial charge in [-0.15, -0.1) is 0 Å².